The fraction of sp³-hybridized carbons (Fsp3) is 0.267. The van der Waals surface area contributed by atoms with Crippen LogP contribution in [-0.4, -0.2) is 28.8 Å². The Bertz CT molecular complexity index is 650. The molecule has 0 fully saturated rings. The normalized spacial score (nSPS) is 11.8. The maximum Gasteiger partial charge on any atom is 0.338 e. The summed E-state index contributed by atoms with van der Waals surface area (Å²) in [5.41, 5.74) is 1.69. The molecule has 0 aliphatic heterocycles. The molecule has 1 aromatic heterocycles. The van der Waals surface area contributed by atoms with E-state index in [4.69, 9.17) is 4.74 Å². The van der Waals surface area contributed by atoms with Crippen LogP contribution in [0.4, 0.5) is 5.69 Å². The minimum absolute atomic E-state index is 0.205. The Morgan fingerprint density at radius 2 is 2.10 bits per heavy atom. The van der Waals surface area contributed by atoms with E-state index in [1.807, 2.05) is 0 Å². The summed E-state index contributed by atoms with van der Waals surface area (Å²) in [6, 6.07) is 6.42. The number of benzene rings is 1. The molecule has 6 nitrogen and oxygen atoms in total. The van der Waals surface area contributed by atoms with Crippen molar-refractivity contribution in [2.75, 3.05) is 12.4 Å². The van der Waals surface area contributed by atoms with E-state index in [9.17, 15) is 9.59 Å². The van der Waals surface area contributed by atoms with E-state index in [-0.39, 0.29) is 5.91 Å². The second-order valence-corrected chi connectivity index (χ2v) is 4.62. The van der Waals surface area contributed by atoms with E-state index in [2.05, 4.69) is 10.4 Å². The molecule has 1 atom stereocenters. The van der Waals surface area contributed by atoms with Crippen molar-refractivity contribution in [2.45, 2.75) is 19.9 Å². The molecule has 0 bridgehead atoms. The van der Waals surface area contributed by atoms with Gasteiger partial charge < -0.3 is 10.1 Å². The van der Waals surface area contributed by atoms with Crippen molar-refractivity contribution in [1.29, 1.82) is 0 Å². The quantitative estimate of drug-likeness (QED) is 0.875. The van der Waals surface area contributed by atoms with Crippen LogP contribution in [0, 0.1) is 6.92 Å². The second-order valence-electron chi connectivity index (χ2n) is 4.62. The average molecular weight is 287 g/mol. The van der Waals surface area contributed by atoms with Gasteiger partial charge in [-0.2, -0.15) is 5.10 Å². The third kappa shape index (κ3) is 3.10. The molecule has 0 radical (unpaired) electrons. The van der Waals surface area contributed by atoms with Crippen LogP contribution < -0.4 is 5.32 Å². The van der Waals surface area contributed by atoms with Crippen molar-refractivity contribution >= 4 is 17.6 Å². The van der Waals surface area contributed by atoms with E-state index < -0.39 is 12.0 Å². The van der Waals surface area contributed by atoms with Gasteiger partial charge in [-0.25, -0.2) is 4.79 Å². The zero-order valence-electron chi connectivity index (χ0n) is 12.2. The molecule has 1 heterocycles. The zero-order chi connectivity index (χ0) is 15.4. The zero-order valence-corrected chi connectivity index (χ0v) is 12.2. The Morgan fingerprint density at radius 1 is 1.33 bits per heavy atom. The number of amides is 1. The highest BCUT2D eigenvalue weighted by atomic mass is 16.5. The van der Waals surface area contributed by atoms with Crippen LogP contribution in [0.5, 0.6) is 0 Å². The SMILES string of the molecule is COC(=O)c1cccc(NC(=O)C(C)n2cccn2)c1C. The Balaban J connectivity index is 2.20. The Hall–Kier alpha value is -2.63. The lowest BCUT2D eigenvalue weighted by Gasteiger charge is -2.15. The molecular formula is C15H17N3O3. The van der Waals surface area contributed by atoms with E-state index in [0.717, 1.165) is 0 Å². The van der Waals surface area contributed by atoms with Crippen molar-refractivity contribution < 1.29 is 14.3 Å². The predicted octanol–water partition coefficient (Wildman–Crippen LogP) is 2.18. The first-order valence-corrected chi connectivity index (χ1v) is 6.52. The number of carbonyl (C=O) groups excluding carboxylic acids is 2. The molecule has 1 aromatic carbocycles. The van der Waals surface area contributed by atoms with Gasteiger partial charge in [0, 0.05) is 18.1 Å². The fourth-order valence-electron chi connectivity index (χ4n) is 1.97. The lowest BCUT2D eigenvalue weighted by molar-refractivity contribution is -0.119. The molecule has 0 aliphatic carbocycles. The first-order valence-electron chi connectivity index (χ1n) is 6.52. The third-order valence-electron chi connectivity index (χ3n) is 3.30. The highest BCUT2D eigenvalue weighted by Crippen LogP contribution is 2.21. The monoisotopic (exact) mass is 287 g/mol. The Labute approximate surface area is 122 Å². The van der Waals surface area contributed by atoms with Crippen LogP contribution in [0.2, 0.25) is 0 Å². The van der Waals surface area contributed by atoms with Crippen LogP contribution in [0.3, 0.4) is 0 Å². The lowest BCUT2D eigenvalue weighted by Crippen LogP contribution is -2.24. The van der Waals surface area contributed by atoms with Gasteiger partial charge in [0.1, 0.15) is 6.04 Å². The number of rotatable bonds is 4. The van der Waals surface area contributed by atoms with Gasteiger partial charge in [0.25, 0.3) is 0 Å². The summed E-state index contributed by atoms with van der Waals surface area (Å²) in [5.74, 6) is -0.632. The van der Waals surface area contributed by atoms with Crippen LogP contribution in [-0.2, 0) is 9.53 Å². The lowest BCUT2D eigenvalue weighted by atomic mass is 10.1. The van der Waals surface area contributed by atoms with Gasteiger partial charge in [-0.05, 0) is 37.6 Å². The van der Waals surface area contributed by atoms with Gasteiger partial charge in [-0.3, -0.25) is 9.48 Å². The summed E-state index contributed by atoms with van der Waals surface area (Å²) in [7, 11) is 1.33. The highest BCUT2D eigenvalue weighted by molar-refractivity contribution is 5.97. The molecule has 0 saturated carbocycles. The molecule has 2 aromatic rings. The van der Waals surface area contributed by atoms with Crippen molar-refractivity contribution in [3.63, 3.8) is 0 Å². The van der Waals surface area contributed by atoms with Crippen molar-refractivity contribution in [3.8, 4) is 0 Å². The van der Waals surface area contributed by atoms with E-state index in [1.165, 1.54) is 7.11 Å². The van der Waals surface area contributed by atoms with Crippen molar-refractivity contribution in [3.05, 3.63) is 47.8 Å². The smallest absolute Gasteiger partial charge is 0.338 e. The standard InChI is InChI=1S/C15H17N3O3/c1-10-12(15(20)21-3)6-4-7-13(10)17-14(19)11(2)18-9-5-8-16-18/h4-9,11H,1-3H3,(H,17,19). The second kappa shape index (κ2) is 6.21. The van der Waals surface area contributed by atoms with Crippen molar-refractivity contribution in [2.24, 2.45) is 0 Å². The van der Waals surface area contributed by atoms with Crippen LogP contribution in [0.25, 0.3) is 0 Å². The predicted molar refractivity (Wildman–Crippen MR) is 78.1 cm³/mol. The number of esters is 1. The average Bonchev–Trinajstić information content (AvgIpc) is 3.02. The number of methoxy groups -OCH3 is 1. The van der Waals surface area contributed by atoms with Crippen LogP contribution in [0.1, 0.15) is 28.9 Å². The number of nitrogens with one attached hydrogen (secondary N) is 1. The first-order chi connectivity index (χ1) is 10.0. The van der Waals surface area contributed by atoms with Crippen molar-refractivity contribution in [1.82, 2.24) is 9.78 Å². The number of aromatic nitrogens is 2. The van der Waals surface area contributed by atoms with Gasteiger partial charge in [0.2, 0.25) is 5.91 Å². The van der Waals surface area contributed by atoms with Gasteiger partial charge >= 0.3 is 5.97 Å². The molecule has 0 saturated heterocycles. The molecule has 0 aliphatic rings. The van der Waals surface area contributed by atoms with Gasteiger partial charge in [-0.15, -0.1) is 0 Å². The first kappa shape index (κ1) is 14.8. The number of anilines is 1. The Kier molecular flexibility index (Phi) is 4.37. The van der Waals surface area contributed by atoms with E-state index >= 15 is 0 Å². The maximum atomic E-state index is 12.2. The number of ether oxygens (including phenoxy) is 1. The van der Waals surface area contributed by atoms with Gasteiger partial charge in [-0.1, -0.05) is 6.07 Å². The number of nitrogens with zero attached hydrogens (tertiary/aromatic N) is 2. The summed E-state index contributed by atoms with van der Waals surface area (Å²) in [5, 5.41) is 6.85. The van der Waals surface area contributed by atoms with Gasteiger partial charge in [0.15, 0.2) is 0 Å². The number of carbonyl (C=O) groups is 2. The molecule has 21 heavy (non-hydrogen) atoms. The Morgan fingerprint density at radius 3 is 2.71 bits per heavy atom. The van der Waals surface area contributed by atoms with Gasteiger partial charge in [0.05, 0.1) is 12.7 Å². The highest BCUT2D eigenvalue weighted by Gasteiger charge is 2.18. The molecule has 1 N–H and O–H groups in total. The molecule has 0 spiro atoms. The van der Waals surface area contributed by atoms with Crippen LogP contribution in [0.15, 0.2) is 36.7 Å². The summed E-state index contributed by atoms with van der Waals surface area (Å²) in [6.45, 7) is 3.52. The summed E-state index contributed by atoms with van der Waals surface area (Å²) < 4.78 is 6.28. The number of hydrogen-bond donors (Lipinski definition) is 1. The molecule has 1 unspecified atom stereocenters. The molecule has 110 valence electrons. The summed E-state index contributed by atoms with van der Waals surface area (Å²) in [6.07, 6.45) is 3.34. The summed E-state index contributed by atoms with van der Waals surface area (Å²) >= 11 is 0. The fourth-order valence-corrected chi connectivity index (χ4v) is 1.97. The van der Waals surface area contributed by atoms with E-state index in [1.54, 1.807) is 55.2 Å². The molecule has 1 amide bonds. The molecule has 2 rings (SSSR count). The topological polar surface area (TPSA) is 73.2 Å². The minimum Gasteiger partial charge on any atom is -0.465 e. The number of hydrogen-bond acceptors (Lipinski definition) is 4. The third-order valence-corrected chi connectivity index (χ3v) is 3.30. The minimum atomic E-state index is -0.443. The molecular weight excluding hydrogens is 270 g/mol. The maximum absolute atomic E-state index is 12.2. The largest absolute Gasteiger partial charge is 0.465 e. The summed E-state index contributed by atoms with van der Waals surface area (Å²) in [4.78, 5) is 23.9. The van der Waals surface area contributed by atoms with Crippen LogP contribution >= 0.6 is 0 Å². The molecule has 6 heteroatoms. The van der Waals surface area contributed by atoms with E-state index in [0.29, 0.717) is 16.8 Å².